The maximum absolute atomic E-state index is 11.3. The SMILES string of the molecule is CC(C)(C)C1CCC(C(=O)O)CC1.CC(C)(C)C1CCC(Cl)CC1.CC(C)(C)C1CCC(NS(C)(=O)=O)CC1.CC(C)(C)C1CCC1.CC(C)(C)C1CCCC1.CC(C)(C)C1CCCCC1.CC(C)(C)CCCC1CCCC1.COC(=O)C1CCC(C(C)(C)C)CC1.COC1CCC(C(C)(C)C)CC1. The zero-order valence-electron chi connectivity index (χ0n) is 75.3. The standard InChI is InChI=1S/C12H22O2.C12H24.C11H23NO2S.C11H20O2.C11H22O.C10H19Cl.C10H20.C9H18.C8H16/c1-12(2,3)10-7-5-9(6-8-10)11(13)14-4;1-12(2,3)10-6-9-11-7-4-5-8-11;1-11(2,3)9-5-7-10(8-6-9)12-15(4,13)14;1-11(2,3)9-6-4-8(5-7-9)10(12)13;1-11(2,3)9-5-7-10(12-4)8-6-9;1-10(2,3)8-4-6-9(11)7-5-8;1-10(2,3)9-7-5-4-6-8-9;1-9(2,3)8-6-4-5-7-8;1-8(2,3)7-5-4-6-7/h9-10H,5-8H2,1-4H3;11H,4-10H2,1-3H3;9-10,12H,5-8H2,1-4H3;8-9H,4-7H2,1-3H3,(H,12,13);9-10H,5-8H2,1-4H3;8-9H,4-7H2,1-3H3;9H,4-8H2,1-3H3;8H,4-7H2,1-3H3;7H,4-6H2,1-3H3. The van der Waals surface area contributed by atoms with E-state index in [0.29, 0.717) is 66.1 Å². The van der Waals surface area contributed by atoms with Gasteiger partial charge in [-0.1, -0.05) is 264 Å². The van der Waals surface area contributed by atoms with Crippen molar-refractivity contribution in [2.75, 3.05) is 20.5 Å². The quantitative estimate of drug-likeness (QED) is 0.184. The molecule has 9 fully saturated rings. The van der Waals surface area contributed by atoms with E-state index in [2.05, 4.69) is 192 Å². The predicted molar refractivity (Wildman–Crippen MR) is 455 cm³/mol. The lowest BCUT2D eigenvalue weighted by Gasteiger charge is -2.37. The van der Waals surface area contributed by atoms with Crippen LogP contribution in [0, 0.1) is 114 Å². The summed E-state index contributed by atoms with van der Waals surface area (Å²) in [5.74, 6) is 7.62. The average Bonchev–Trinajstić information content (AvgIpc) is 0.955. The van der Waals surface area contributed by atoms with Gasteiger partial charge in [0.1, 0.15) is 0 Å². The Morgan fingerprint density at radius 1 is 0.365 bits per heavy atom. The number of carboxylic acid groups (broad SMARTS) is 1. The molecule has 9 aliphatic rings. The Kier molecular flexibility index (Phi) is 45.6. The molecular formula is C94H184ClNO7S. The molecular weight excluding hydrogens is 1320 g/mol. The molecule has 0 amide bonds. The molecule has 9 rings (SSSR count). The fourth-order valence-corrected chi connectivity index (χ4v) is 19.4. The molecule has 104 heavy (non-hydrogen) atoms. The summed E-state index contributed by atoms with van der Waals surface area (Å²) in [6, 6.07) is 0.165. The van der Waals surface area contributed by atoms with Gasteiger partial charge in [-0.05, 0) is 275 Å². The van der Waals surface area contributed by atoms with Crippen molar-refractivity contribution in [3.05, 3.63) is 0 Å². The number of carbonyl (C=O) groups excluding carboxylic acids is 1. The maximum atomic E-state index is 11.3. The first-order valence-corrected chi connectivity index (χ1v) is 46.2. The van der Waals surface area contributed by atoms with E-state index >= 15 is 0 Å². The number of sulfonamides is 1. The van der Waals surface area contributed by atoms with E-state index in [9.17, 15) is 18.0 Å². The second-order valence-corrected chi connectivity index (χ2v) is 47.4. The minimum Gasteiger partial charge on any atom is -0.481 e. The third kappa shape index (κ3) is 45.6. The normalized spacial score (nSPS) is 27.4. The molecule has 10 heteroatoms. The van der Waals surface area contributed by atoms with Crippen LogP contribution in [0.5, 0.6) is 0 Å². The number of carboxylic acids is 1. The monoisotopic (exact) mass is 1510 g/mol. The summed E-state index contributed by atoms with van der Waals surface area (Å²) >= 11 is 6.03. The van der Waals surface area contributed by atoms with Gasteiger partial charge in [0, 0.05) is 18.5 Å². The number of hydrogen-bond donors (Lipinski definition) is 2. The van der Waals surface area contributed by atoms with Crippen molar-refractivity contribution < 1.29 is 32.6 Å². The van der Waals surface area contributed by atoms with Gasteiger partial charge in [-0.25, -0.2) is 13.1 Å². The molecule has 0 unspecified atom stereocenters. The summed E-state index contributed by atoms with van der Waals surface area (Å²) in [4.78, 5) is 22.0. The Bertz CT molecular complexity index is 2310. The van der Waals surface area contributed by atoms with Gasteiger partial charge in [0.15, 0.2) is 0 Å². The first kappa shape index (κ1) is 101. The summed E-state index contributed by atoms with van der Waals surface area (Å²) in [6.45, 7) is 62.8. The largest absolute Gasteiger partial charge is 0.481 e. The highest BCUT2D eigenvalue weighted by atomic mass is 35.5. The Morgan fingerprint density at radius 2 is 0.635 bits per heavy atom. The number of ether oxygens (including phenoxy) is 2. The second kappa shape index (κ2) is 46.9. The van der Waals surface area contributed by atoms with Crippen molar-refractivity contribution in [1.82, 2.24) is 4.72 Å². The molecule has 0 spiro atoms. The van der Waals surface area contributed by atoms with Crippen LogP contribution in [0.4, 0.5) is 0 Å². The molecule has 2 N–H and O–H groups in total. The van der Waals surface area contributed by atoms with Crippen LogP contribution in [0.1, 0.15) is 437 Å². The van der Waals surface area contributed by atoms with Crippen molar-refractivity contribution in [1.29, 1.82) is 0 Å². The minimum absolute atomic E-state index is 0.0163. The highest BCUT2D eigenvalue weighted by Gasteiger charge is 2.37. The van der Waals surface area contributed by atoms with Gasteiger partial charge in [-0.3, -0.25) is 9.59 Å². The number of hydrogen-bond acceptors (Lipinski definition) is 6. The average molecular weight is 1510 g/mol. The van der Waals surface area contributed by atoms with E-state index in [0.717, 1.165) is 112 Å². The fourth-order valence-electron chi connectivity index (χ4n) is 18.3. The number of methoxy groups -OCH3 is 2. The Hall–Kier alpha value is -0.900. The zero-order chi connectivity index (χ0) is 79.9. The topological polar surface area (TPSA) is 119 Å². The Morgan fingerprint density at radius 3 is 0.894 bits per heavy atom. The van der Waals surface area contributed by atoms with Crippen molar-refractivity contribution in [2.24, 2.45) is 114 Å². The first-order chi connectivity index (χ1) is 47.5. The number of rotatable bonds is 8. The highest BCUT2D eigenvalue weighted by molar-refractivity contribution is 7.88. The Labute approximate surface area is 656 Å². The van der Waals surface area contributed by atoms with Crippen molar-refractivity contribution in [2.45, 2.75) is 455 Å². The van der Waals surface area contributed by atoms with Crippen molar-refractivity contribution in [3.63, 3.8) is 0 Å². The molecule has 0 aromatic carbocycles. The second-order valence-electron chi connectivity index (χ2n) is 45.0. The third-order valence-electron chi connectivity index (χ3n) is 27.0. The fraction of sp³-hybridized carbons (Fsp3) is 0.979. The summed E-state index contributed by atoms with van der Waals surface area (Å²) in [5.41, 5.74) is 4.39. The summed E-state index contributed by atoms with van der Waals surface area (Å²) in [6.07, 6.45) is 52.7. The predicted octanol–water partition coefficient (Wildman–Crippen LogP) is 29.2. The molecule has 620 valence electrons. The number of alkyl halides is 1. The molecule has 8 nitrogen and oxygen atoms in total. The van der Waals surface area contributed by atoms with Crippen LogP contribution in [-0.4, -0.2) is 63.5 Å². The van der Waals surface area contributed by atoms with Crippen LogP contribution in [-0.2, 0) is 29.1 Å². The maximum Gasteiger partial charge on any atom is 0.308 e. The lowest BCUT2D eigenvalue weighted by Crippen LogP contribution is -2.38. The van der Waals surface area contributed by atoms with Crippen LogP contribution in [0.25, 0.3) is 0 Å². The molecule has 0 aliphatic heterocycles. The molecule has 0 bridgehead atoms. The number of aliphatic carboxylic acids is 1. The number of esters is 1. The van der Waals surface area contributed by atoms with Gasteiger partial charge in [-0.15, -0.1) is 11.6 Å². The molecule has 0 atom stereocenters. The van der Waals surface area contributed by atoms with E-state index in [1.807, 2.05) is 7.11 Å². The van der Waals surface area contributed by atoms with Crippen LogP contribution >= 0.6 is 11.6 Å². The molecule has 0 radical (unpaired) electrons. The number of carbonyl (C=O) groups is 2. The minimum atomic E-state index is -3.03. The van der Waals surface area contributed by atoms with Crippen molar-refractivity contribution in [3.8, 4) is 0 Å². The van der Waals surface area contributed by atoms with Crippen molar-refractivity contribution >= 4 is 33.6 Å². The summed E-state index contributed by atoms with van der Waals surface area (Å²) in [5, 5.41) is 9.29. The summed E-state index contributed by atoms with van der Waals surface area (Å²) < 4.78 is 35.0. The zero-order valence-corrected chi connectivity index (χ0v) is 76.9. The lowest BCUT2D eigenvalue weighted by atomic mass is 9.69. The number of halogens is 1. The van der Waals surface area contributed by atoms with Crippen LogP contribution in [0.3, 0.4) is 0 Å². The van der Waals surface area contributed by atoms with Gasteiger partial charge < -0.3 is 14.6 Å². The molecule has 0 aromatic rings. The van der Waals surface area contributed by atoms with E-state index < -0.39 is 16.0 Å². The third-order valence-corrected chi connectivity index (χ3v) is 28.2. The van der Waals surface area contributed by atoms with Crippen LogP contribution in [0.2, 0.25) is 0 Å². The van der Waals surface area contributed by atoms with Gasteiger partial charge in [0.2, 0.25) is 10.0 Å². The van der Waals surface area contributed by atoms with E-state index in [-0.39, 0.29) is 23.8 Å². The molecule has 9 saturated carbocycles. The molecule has 0 saturated heterocycles. The van der Waals surface area contributed by atoms with E-state index in [1.54, 1.807) is 0 Å². The van der Waals surface area contributed by atoms with Gasteiger partial charge >= 0.3 is 11.9 Å². The van der Waals surface area contributed by atoms with Crippen LogP contribution in [0.15, 0.2) is 0 Å². The molecule has 0 heterocycles. The van der Waals surface area contributed by atoms with E-state index in [1.165, 1.54) is 200 Å². The highest BCUT2D eigenvalue weighted by Crippen LogP contribution is 2.46. The molecule has 9 aliphatic carbocycles. The van der Waals surface area contributed by atoms with Gasteiger partial charge in [0.05, 0.1) is 31.3 Å². The van der Waals surface area contributed by atoms with E-state index in [4.69, 9.17) is 26.2 Å². The van der Waals surface area contributed by atoms with Crippen LogP contribution < -0.4 is 4.72 Å². The number of nitrogens with one attached hydrogen (secondary N) is 1. The first-order valence-electron chi connectivity index (χ1n) is 43.9. The van der Waals surface area contributed by atoms with Gasteiger partial charge in [0.25, 0.3) is 0 Å². The molecule has 0 aromatic heterocycles. The Balaban J connectivity index is 0.000000588. The van der Waals surface area contributed by atoms with Gasteiger partial charge in [-0.2, -0.15) is 0 Å². The summed E-state index contributed by atoms with van der Waals surface area (Å²) in [7, 11) is 0.293. The lowest BCUT2D eigenvalue weighted by molar-refractivity contribution is -0.147. The smallest absolute Gasteiger partial charge is 0.308 e.